The van der Waals surface area contributed by atoms with Crippen molar-refractivity contribution in [3.05, 3.63) is 70.8 Å². The maximum Gasteiger partial charge on any atom is 0.416 e. The second-order valence-electron chi connectivity index (χ2n) is 6.36. The fourth-order valence-corrected chi connectivity index (χ4v) is 3.58. The third-order valence-corrected chi connectivity index (χ3v) is 4.70. The second-order valence-corrected chi connectivity index (χ2v) is 6.36. The summed E-state index contributed by atoms with van der Waals surface area (Å²) in [6.07, 6.45) is -2.48. The summed E-state index contributed by atoms with van der Waals surface area (Å²) in [7, 11) is 4.10. The third kappa shape index (κ3) is 3.13. The molecule has 122 valence electrons. The highest BCUT2D eigenvalue weighted by Crippen LogP contribution is 2.43. The van der Waals surface area contributed by atoms with Crippen LogP contribution in [0.2, 0.25) is 0 Å². The van der Waals surface area contributed by atoms with Gasteiger partial charge < -0.3 is 4.90 Å². The van der Waals surface area contributed by atoms with Gasteiger partial charge in [-0.15, -0.1) is 0 Å². The van der Waals surface area contributed by atoms with Crippen LogP contribution in [0.15, 0.2) is 48.5 Å². The van der Waals surface area contributed by atoms with Gasteiger partial charge in [0.25, 0.3) is 0 Å². The topological polar surface area (TPSA) is 3.24 Å². The molecule has 1 nitrogen and oxygen atoms in total. The Morgan fingerprint density at radius 2 is 1.61 bits per heavy atom. The molecular formula is C19H20F3N. The molecule has 0 aliphatic heterocycles. The Kier molecular flexibility index (Phi) is 4.19. The average molecular weight is 319 g/mol. The molecule has 0 spiro atoms. The van der Waals surface area contributed by atoms with Crippen LogP contribution in [-0.2, 0) is 6.18 Å². The van der Waals surface area contributed by atoms with Crippen LogP contribution in [0, 0.1) is 0 Å². The van der Waals surface area contributed by atoms with Gasteiger partial charge >= 0.3 is 6.18 Å². The highest BCUT2D eigenvalue weighted by Gasteiger charge is 2.33. The molecule has 1 aliphatic carbocycles. The van der Waals surface area contributed by atoms with Crippen molar-refractivity contribution in [2.45, 2.75) is 31.0 Å². The molecular weight excluding hydrogens is 299 g/mol. The van der Waals surface area contributed by atoms with Crippen molar-refractivity contribution in [1.29, 1.82) is 0 Å². The zero-order chi connectivity index (χ0) is 16.6. The van der Waals surface area contributed by atoms with Gasteiger partial charge in [0.1, 0.15) is 0 Å². The average Bonchev–Trinajstić information content (AvgIpc) is 2.53. The zero-order valence-corrected chi connectivity index (χ0v) is 13.3. The quantitative estimate of drug-likeness (QED) is 0.732. The van der Waals surface area contributed by atoms with Crippen LogP contribution in [0.4, 0.5) is 13.2 Å². The molecule has 2 atom stereocenters. The number of hydrogen-bond donors (Lipinski definition) is 0. The standard InChI is InChI=1S/C19H20F3N/c1-23(2)18-11-10-15(16-8-3-4-9-17(16)18)13-6-5-7-14(12-13)19(20,21)22/h3-9,12,15,18H,10-11H2,1-2H3/t15-,18+/m1/s1. The summed E-state index contributed by atoms with van der Waals surface area (Å²) in [5.41, 5.74) is 2.56. The van der Waals surface area contributed by atoms with Crippen LogP contribution in [0.3, 0.4) is 0 Å². The summed E-state index contributed by atoms with van der Waals surface area (Å²) in [6.45, 7) is 0. The van der Waals surface area contributed by atoms with E-state index in [9.17, 15) is 13.2 Å². The Hall–Kier alpha value is -1.81. The monoisotopic (exact) mass is 319 g/mol. The summed E-state index contributed by atoms with van der Waals surface area (Å²) in [6, 6.07) is 14.2. The van der Waals surface area contributed by atoms with Gasteiger partial charge in [-0.25, -0.2) is 0 Å². The van der Waals surface area contributed by atoms with Crippen LogP contribution < -0.4 is 0 Å². The van der Waals surface area contributed by atoms with Gasteiger partial charge in [-0.05, 0) is 49.7 Å². The van der Waals surface area contributed by atoms with E-state index < -0.39 is 11.7 Å². The maximum atomic E-state index is 13.0. The molecule has 0 radical (unpaired) electrons. The maximum absolute atomic E-state index is 13.0. The summed E-state index contributed by atoms with van der Waals surface area (Å²) in [4.78, 5) is 2.18. The molecule has 2 aromatic carbocycles. The Balaban J connectivity index is 2.03. The van der Waals surface area contributed by atoms with Crippen LogP contribution in [0.5, 0.6) is 0 Å². The number of hydrogen-bond acceptors (Lipinski definition) is 1. The van der Waals surface area contributed by atoms with Crippen LogP contribution in [0.1, 0.15) is 47.1 Å². The molecule has 0 saturated heterocycles. The van der Waals surface area contributed by atoms with Gasteiger partial charge in [-0.2, -0.15) is 13.2 Å². The molecule has 1 aliphatic rings. The highest BCUT2D eigenvalue weighted by atomic mass is 19.4. The van der Waals surface area contributed by atoms with Crippen molar-refractivity contribution in [2.24, 2.45) is 0 Å². The Bertz CT molecular complexity index is 691. The van der Waals surface area contributed by atoms with Crippen molar-refractivity contribution >= 4 is 0 Å². The van der Waals surface area contributed by atoms with Gasteiger partial charge in [-0.1, -0.05) is 42.5 Å². The number of nitrogens with zero attached hydrogens (tertiary/aromatic N) is 1. The Morgan fingerprint density at radius 3 is 2.26 bits per heavy atom. The smallest absolute Gasteiger partial charge is 0.302 e. The molecule has 0 aromatic heterocycles. The lowest BCUT2D eigenvalue weighted by Crippen LogP contribution is -2.26. The lowest BCUT2D eigenvalue weighted by Gasteiger charge is -2.35. The van der Waals surface area contributed by atoms with Gasteiger partial charge in [0.05, 0.1) is 5.56 Å². The van der Waals surface area contributed by atoms with Gasteiger partial charge in [-0.3, -0.25) is 0 Å². The van der Waals surface area contributed by atoms with Crippen molar-refractivity contribution in [2.75, 3.05) is 14.1 Å². The fraction of sp³-hybridized carbons (Fsp3) is 0.368. The van der Waals surface area contributed by atoms with Crippen molar-refractivity contribution in [3.63, 3.8) is 0 Å². The Morgan fingerprint density at radius 1 is 0.913 bits per heavy atom. The van der Waals surface area contributed by atoms with Gasteiger partial charge in [0, 0.05) is 12.0 Å². The number of rotatable bonds is 2. The summed E-state index contributed by atoms with van der Waals surface area (Å²) < 4.78 is 39.0. The van der Waals surface area contributed by atoms with E-state index in [1.54, 1.807) is 0 Å². The lowest BCUT2D eigenvalue weighted by atomic mass is 9.76. The largest absolute Gasteiger partial charge is 0.416 e. The number of alkyl halides is 3. The first-order chi connectivity index (χ1) is 10.9. The normalized spacial score (nSPS) is 21.3. The van der Waals surface area contributed by atoms with E-state index in [1.165, 1.54) is 17.7 Å². The van der Waals surface area contributed by atoms with E-state index in [4.69, 9.17) is 0 Å². The predicted molar refractivity (Wildman–Crippen MR) is 85.4 cm³/mol. The highest BCUT2D eigenvalue weighted by molar-refractivity contribution is 5.43. The molecule has 0 fully saturated rings. The molecule has 4 heteroatoms. The number of benzene rings is 2. The van der Waals surface area contributed by atoms with Crippen molar-refractivity contribution in [3.8, 4) is 0 Å². The minimum Gasteiger partial charge on any atom is -0.302 e. The lowest BCUT2D eigenvalue weighted by molar-refractivity contribution is -0.137. The molecule has 2 aromatic rings. The van der Waals surface area contributed by atoms with Crippen LogP contribution in [-0.4, -0.2) is 19.0 Å². The zero-order valence-electron chi connectivity index (χ0n) is 13.3. The molecule has 0 amide bonds. The molecule has 0 N–H and O–H groups in total. The summed E-state index contributed by atoms with van der Waals surface area (Å²) >= 11 is 0. The molecule has 0 bridgehead atoms. The van der Waals surface area contributed by atoms with Crippen molar-refractivity contribution < 1.29 is 13.2 Å². The minimum absolute atomic E-state index is 0.0321. The van der Waals surface area contributed by atoms with E-state index in [0.29, 0.717) is 6.04 Å². The van der Waals surface area contributed by atoms with E-state index in [-0.39, 0.29) is 5.92 Å². The van der Waals surface area contributed by atoms with Crippen LogP contribution in [0.25, 0.3) is 0 Å². The summed E-state index contributed by atoms with van der Waals surface area (Å²) in [5.74, 6) is 0.0321. The van der Waals surface area contributed by atoms with E-state index >= 15 is 0 Å². The minimum atomic E-state index is -4.30. The van der Waals surface area contributed by atoms with Gasteiger partial charge in [0.15, 0.2) is 0 Å². The first-order valence-corrected chi connectivity index (χ1v) is 7.80. The number of halogens is 3. The second kappa shape index (κ2) is 6.00. The number of fused-ring (bicyclic) bond motifs is 1. The molecule has 23 heavy (non-hydrogen) atoms. The first-order valence-electron chi connectivity index (χ1n) is 7.80. The van der Waals surface area contributed by atoms with Gasteiger partial charge in [0.2, 0.25) is 0 Å². The third-order valence-electron chi connectivity index (χ3n) is 4.70. The molecule has 0 heterocycles. The Labute approximate surface area is 134 Å². The molecule has 3 rings (SSSR count). The SMILES string of the molecule is CN(C)[C@H]1CC[C@H](c2cccc(C(F)(F)F)c2)c2ccccc21. The fourth-order valence-electron chi connectivity index (χ4n) is 3.58. The summed E-state index contributed by atoms with van der Waals surface area (Å²) in [5, 5.41) is 0. The van der Waals surface area contributed by atoms with E-state index in [2.05, 4.69) is 17.0 Å². The van der Waals surface area contributed by atoms with Crippen LogP contribution >= 0.6 is 0 Å². The molecule has 0 unspecified atom stereocenters. The first kappa shape index (κ1) is 16.1. The van der Waals surface area contributed by atoms with Crippen molar-refractivity contribution in [1.82, 2.24) is 4.90 Å². The predicted octanol–water partition coefficient (Wildman–Crippen LogP) is 5.23. The van der Waals surface area contributed by atoms with E-state index in [0.717, 1.165) is 30.0 Å². The van der Waals surface area contributed by atoms with E-state index in [1.807, 2.05) is 32.3 Å². The molecule has 0 saturated carbocycles.